The number of para-hydroxylation sites is 1. The molecule has 0 aliphatic carbocycles. The highest BCUT2D eigenvalue weighted by Gasteiger charge is 2.26. The first-order valence-corrected chi connectivity index (χ1v) is 5.36. The minimum atomic E-state index is -4.15. The normalized spacial score (nSPS) is 13.5. The van der Waals surface area contributed by atoms with Crippen LogP contribution in [-0.2, 0) is 0 Å². The van der Waals surface area contributed by atoms with Crippen molar-refractivity contribution in [1.82, 2.24) is 0 Å². The number of aliphatic hydroxyl groups excluding tert-OH is 1. The maximum Gasteiger partial charge on any atom is 0.389 e. The lowest BCUT2D eigenvalue weighted by Gasteiger charge is -2.13. The molecule has 1 N–H and O–H groups in total. The molecular weight excluding hydrogens is 233 g/mol. The molecule has 1 rings (SSSR count). The van der Waals surface area contributed by atoms with Crippen LogP contribution >= 0.6 is 0 Å². The highest BCUT2D eigenvalue weighted by Crippen LogP contribution is 2.25. The summed E-state index contributed by atoms with van der Waals surface area (Å²) >= 11 is 0. The smallest absolute Gasteiger partial charge is 0.389 e. The molecule has 5 heteroatoms. The number of hydrogen-bond acceptors (Lipinski definition) is 2. The van der Waals surface area contributed by atoms with Gasteiger partial charge in [0.05, 0.1) is 12.7 Å². The monoisotopic (exact) mass is 248 g/mol. The average Bonchev–Trinajstić information content (AvgIpc) is 2.23. The van der Waals surface area contributed by atoms with Crippen molar-refractivity contribution >= 4 is 0 Å². The van der Waals surface area contributed by atoms with Crippen molar-refractivity contribution < 1.29 is 23.0 Å². The first-order valence-electron chi connectivity index (χ1n) is 5.36. The Morgan fingerprint density at radius 3 is 2.53 bits per heavy atom. The summed E-state index contributed by atoms with van der Waals surface area (Å²) in [5, 5.41) is 9.43. The number of aliphatic hydroxyl groups is 1. The minimum absolute atomic E-state index is 0.0107. The first-order chi connectivity index (χ1) is 7.90. The molecule has 0 spiro atoms. The van der Waals surface area contributed by atoms with Gasteiger partial charge in [-0.3, -0.25) is 0 Å². The van der Waals surface area contributed by atoms with Gasteiger partial charge in [0.1, 0.15) is 5.75 Å². The second-order valence-electron chi connectivity index (χ2n) is 3.78. The van der Waals surface area contributed by atoms with Gasteiger partial charge in [0.2, 0.25) is 0 Å². The quantitative estimate of drug-likeness (QED) is 0.808. The van der Waals surface area contributed by atoms with E-state index in [9.17, 15) is 18.3 Å². The Hall–Kier alpha value is -1.23. The predicted molar refractivity (Wildman–Crippen MR) is 57.9 cm³/mol. The SMILES string of the molecule is C[C@H](O)c1ccccc1OCCCC(F)(F)F. The van der Waals surface area contributed by atoms with Crippen LogP contribution < -0.4 is 4.74 Å². The molecule has 1 atom stereocenters. The number of rotatable bonds is 5. The zero-order valence-corrected chi connectivity index (χ0v) is 9.50. The molecule has 0 aliphatic rings. The van der Waals surface area contributed by atoms with Gasteiger partial charge in [-0.25, -0.2) is 0 Å². The third-order valence-electron chi connectivity index (χ3n) is 2.23. The van der Waals surface area contributed by atoms with E-state index >= 15 is 0 Å². The van der Waals surface area contributed by atoms with Crippen molar-refractivity contribution in [3.05, 3.63) is 29.8 Å². The van der Waals surface area contributed by atoms with Crippen molar-refractivity contribution in [2.24, 2.45) is 0 Å². The summed E-state index contributed by atoms with van der Waals surface area (Å²) in [7, 11) is 0. The lowest BCUT2D eigenvalue weighted by atomic mass is 10.1. The van der Waals surface area contributed by atoms with E-state index in [-0.39, 0.29) is 13.0 Å². The molecule has 0 radical (unpaired) electrons. The van der Waals surface area contributed by atoms with Crippen molar-refractivity contribution in [2.45, 2.75) is 32.0 Å². The molecule has 0 amide bonds. The van der Waals surface area contributed by atoms with Crippen LogP contribution in [0.4, 0.5) is 13.2 Å². The molecule has 0 heterocycles. The molecule has 96 valence electrons. The fraction of sp³-hybridized carbons (Fsp3) is 0.500. The van der Waals surface area contributed by atoms with E-state index in [0.29, 0.717) is 11.3 Å². The van der Waals surface area contributed by atoms with Crippen LogP contribution in [0, 0.1) is 0 Å². The maximum absolute atomic E-state index is 11.9. The average molecular weight is 248 g/mol. The van der Waals surface area contributed by atoms with Crippen molar-refractivity contribution in [1.29, 1.82) is 0 Å². The van der Waals surface area contributed by atoms with E-state index in [0.717, 1.165) is 0 Å². The number of halogens is 3. The molecule has 1 aromatic rings. The van der Waals surface area contributed by atoms with Crippen molar-refractivity contribution in [2.75, 3.05) is 6.61 Å². The largest absolute Gasteiger partial charge is 0.493 e. The topological polar surface area (TPSA) is 29.5 Å². The summed E-state index contributed by atoms with van der Waals surface area (Å²) in [5.41, 5.74) is 0.583. The fourth-order valence-corrected chi connectivity index (χ4v) is 1.41. The molecule has 17 heavy (non-hydrogen) atoms. The Morgan fingerprint density at radius 2 is 1.94 bits per heavy atom. The number of alkyl halides is 3. The van der Waals surface area contributed by atoms with Crippen LogP contribution in [0.3, 0.4) is 0 Å². The Balaban J connectivity index is 2.47. The third kappa shape index (κ3) is 5.08. The van der Waals surface area contributed by atoms with E-state index in [1.807, 2.05) is 0 Å². The number of ether oxygens (including phenoxy) is 1. The number of hydrogen-bond donors (Lipinski definition) is 1. The first kappa shape index (κ1) is 13.8. The minimum Gasteiger partial charge on any atom is -0.493 e. The van der Waals surface area contributed by atoms with E-state index < -0.39 is 18.7 Å². The predicted octanol–water partition coefficient (Wildman–Crippen LogP) is 3.46. The number of benzene rings is 1. The summed E-state index contributed by atoms with van der Waals surface area (Å²) in [6, 6.07) is 6.77. The summed E-state index contributed by atoms with van der Waals surface area (Å²) < 4.78 is 40.9. The molecule has 2 nitrogen and oxygen atoms in total. The lowest BCUT2D eigenvalue weighted by molar-refractivity contribution is -0.136. The summed E-state index contributed by atoms with van der Waals surface area (Å²) in [5.74, 6) is 0.435. The third-order valence-corrected chi connectivity index (χ3v) is 2.23. The van der Waals surface area contributed by atoms with E-state index in [4.69, 9.17) is 4.74 Å². The van der Waals surface area contributed by atoms with Crippen LogP contribution in [0.15, 0.2) is 24.3 Å². The summed E-state index contributed by atoms with van der Waals surface area (Å²) in [4.78, 5) is 0. The van der Waals surface area contributed by atoms with Crippen LogP contribution in [0.1, 0.15) is 31.4 Å². The van der Waals surface area contributed by atoms with Crippen LogP contribution in [0.2, 0.25) is 0 Å². The van der Waals surface area contributed by atoms with Gasteiger partial charge in [0.25, 0.3) is 0 Å². The van der Waals surface area contributed by atoms with Gasteiger partial charge in [-0.15, -0.1) is 0 Å². The Bertz CT molecular complexity index is 348. The zero-order valence-electron chi connectivity index (χ0n) is 9.50. The van der Waals surface area contributed by atoms with Crippen LogP contribution in [0.5, 0.6) is 5.75 Å². The van der Waals surface area contributed by atoms with E-state index in [1.54, 1.807) is 31.2 Å². The zero-order chi connectivity index (χ0) is 12.9. The van der Waals surface area contributed by atoms with Gasteiger partial charge in [-0.05, 0) is 19.4 Å². The molecule has 0 unspecified atom stereocenters. The molecule has 0 saturated heterocycles. The second kappa shape index (κ2) is 5.91. The Labute approximate surface area is 98.0 Å². The van der Waals surface area contributed by atoms with Crippen LogP contribution in [0.25, 0.3) is 0 Å². The van der Waals surface area contributed by atoms with E-state index in [1.165, 1.54) is 0 Å². The van der Waals surface area contributed by atoms with Gasteiger partial charge in [0.15, 0.2) is 0 Å². The van der Waals surface area contributed by atoms with Crippen LogP contribution in [-0.4, -0.2) is 17.9 Å². The fourth-order valence-electron chi connectivity index (χ4n) is 1.41. The molecular formula is C12H15F3O2. The standard InChI is InChI=1S/C12H15F3O2/c1-9(16)10-5-2-3-6-11(10)17-8-4-7-12(13,14)15/h2-3,5-6,9,16H,4,7-8H2,1H3/t9-/m0/s1. The molecule has 0 saturated carbocycles. The maximum atomic E-state index is 11.9. The van der Waals surface area contributed by atoms with Crippen molar-refractivity contribution in [3.8, 4) is 5.75 Å². The van der Waals surface area contributed by atoms with Gasteiger partial charge in [-0.1, -0.05) is 18.2 Å². The molecule has 0 aromatic heterocycles. The highest BCUT2D eigenvalue weighted by molar-refractivity contribution is 5.34. The molecule has 0 fully saturated rings. The van der Waals surface area contributed by atoms with Gasteiger partial charge >= 0.3 is 6.18 Å². The molecule has 1 aromatic carbocycles. The highest BCUT2D eigenvalue weighted by atomic mass is 19.4. The molecule has 0 aliphatic heterocycles. The second-order valence-corrected chi connectivity index (χ2v) is 3.78. The van der Waals surface area contributed by atoms with Gasteiger partial charge in [0, 0.05) is 12.0 Å². The van der Waals surface area contributed by atoms with Gasteiger partial charge in [-0.2, -0.15) is 13.2 Å². The van der Waals surface area contributed by atoms with Crippen molar-refractivity contribution in [3.63, 3.8) is 0 Å². The summed E-state index contributed by atoms with van der Waals surface area (Å²) in [6.45, 7) is 1.57. The Morgan fingerprint density at radius 1 is 1.29 bits per heavy atom. The lowest BCUT2D eigenvalue weighted by Crippen LogP contribution is -2.10. The molecule has 0 bridgehead atoms. The van der Waals surface area contributed by atoms with Gasteiger partial charge < -0.3 is 9.84 Å². The summed E-state index contributed by atoms with van der Waals surface area (Å²) in [6.07, 6.45) is -5.79. The Kier molecular flexibility index (Phi) is 4.81. The van der Waals surface area contributed by atoms with E-state index in [2.05, 4.69) is 0 Å².